The number of ether oxygens (including phenoxy) is 1. The van der Waals surface area contributed by atoms with Gasteiger partial charge in [0.05, 0.1) is 17.7 Å². The molecule has 0 saturated heterocycles. The summed E-state index contributed by atoms with van der Waals surface area (Å²) in [5.41, 5.74) is 3.04. The molecule has 0 fully saturated rings. The highest BCUT2D eigenvalue weighted by Crippen LogP contribution is 2.28. The van der Waals surface area contributed by atoms with E-state index in [0.717, 1.165) is 33.8 Å². The van der Waals surface area contributed by atoms with Gasteiger partial charge in [0.15, 0.2) is 0 Å². The van der Waals surface area contributed by atoms with Gasteiger partial charge in [0.1, 0.15) is 18.3 Å². The van der Waals surface area contributed by atoms with Gasteiger partial charge < -0.3 is 15.0 Å². The lowest BCUT2D eigenvalue weighted by molar-refractivity contribution is -0.139. The fraction of sp³-hybridized carbons (Fsp3) is 0.355. The van der Waals surface area contributed by atoms with Gasteiger partial charge in [-0.05, 0) is 62.6 Å². The summed E-state index contributed by atoms with van der Waals surface area (Å²) in [7, 11) is -2.65. The summed E-state index contributed by atoms with van der Waals surface area (Å²) in [6.45, 7) is 7.67. The third-order valence-electron chi connectivity index (χ3n) is 6.83. The number of unbranched alkanes of at least 4 members (excludes halogenated alkanes) is 1. The minimum absolute atomic E-state index is 0.0598. The Labute approximate surface area is 238 Å². The van der Waals surface area contributed by atoms with E-state index in [4.69, 9.17) is 4.74 Å². The van der Waals surface area contributed by atoms with Crippen molar-refractivity contribution in [2.24, 2.45) is 0 Å². The Bertz CT molecular complexity index is 1410. The van der Waals surface area contributed by atoms with Crippen molar-refractivity contribution in [3.8, 4) is 5.75 Å². The first-order valence-electron chi connectivity index (χ1n) is 13.4. The number of hydrogen-bond acceptors (Lipinski definition) is 5. The van der Waals surface area contributed by atoms with Crippen LogP contribution < -0.4 is 14.4 Å². The van der Waals surface area contributed by atoms with Crippen molar-refractivity contribution >= 4 is 27.5 Å². The molecular formula is C31H39N3O5S. The van der Waals surface area contributed by atoms with Crippen LogP contribution in [0.1, 0.15) is 43.4 Å². The summed E-state index contributed by atoms with van der Waals surface area (Å²) >= 11 is 0. The predicted molar refractivity (Wildman–Crippen MR) is 158 cm³/mol. The van der Waals surface area contributed by atoms with E-state index in [-0.39, 0.29) is 23.0 Å². The molecule has 8 nitrogen and oxygen atoms in total. The van der Waals surface area contributed by atoms with E-state index in [1.165, 1.54) is 24.1 Å². The van der Waals surface area contributed by atoms with Crippen LogP contribution in [-0.2, 0) is 26.2 Å². The number of benzene rings is 3. The number of rotatable bonds is 13. The highest BCUT2D eigenvalue weighted by Gasteiger charge is 2.32. The Morgan fingerprint density at radius 1 is 0.975 bits per heavy atom. The van der Waals surface area contributed by atoms with Gasteiger partial charge in [-0.3, -0.25) is 13.9 Å². The molecule has 0 spiro atoms. The number of sulfonamides is 1. The molecule has 0 aliphatic carbocycles. The molecule has 0 aliphatic heterocycles. The molecular weight excluding hydrogens is 526 g/mol. The zero-order valence-electron chi connectivity index (χ0n) is 23.9. The second-order valence-electron chi connectivity index (χ2n) is 9.79. The molecule has 2 amide bonds. The fourth-order valence-electron chi connectivity index (χ4n) is 4.22. The van der Waals surface area contributed by atoms with Crippen molar-refractivity contribution in [2.75, 3.05) is 24.5 Å². The molecule has 214 valence electrons. The third kappa shape index (κ3) is 7.63. The minimum Gasteiger partial charge on any atom is -0.497 e. The number of carbonyl (C=O) groups is 2. The average molecular weight is 566 g/mol. The van der Waals surface area contributed by atoms with E-state index < -0.39 is 28.5 Å². The summed E-state index contributed by atoms with van der Waals surface area (Å²) in [5, 5.41) is 2.90. The van der Waals surface area contributed by atoms with E-state index in [0.29, 0.717) is 12.3 Å². The van der Waals surface area contributed by atoms with Gasteiger partial charge in [0.2, 0.25) is 11.8 Å². The summed E-state index contributed by atoms with van der Waals surface area (Å²) in [6, 6.07) is 19.9. The van der Waals surface area contributed by atoms with Crippen molar-refractivity contribution in [2.45, 2.75) is 58.0 Å². The smallest absolute Gasteiger partial charge is 0.264 e. The number of methoxy groups -OCH3 is 1. The Kier molecular flexibility index (Phi) is 10.7. The van der Waals surface area contributed by atoms with Crippen LogP contribution in [0.15, 0.2) is 77.7 Å². The highest BCUT2D eigenvalue weighted by atomic mass is 32.2. The largest absolute Gasteiger partial charge is 0.497 e. The molecule has 1 unspecified atom stereocenters. The Balaban J connectivity index is 2.03. The first-order chi connectivity index (χ1) is 19.1. The molecule has 0 aromatic heterocycles. The number of amides is 2. The molecule has 40 heavy (non-hydrogen) atoms. The first-order valence-corrected chi connectivity index (χ1v) is 14.9. The van der Waals surface area contributed by atoms with Crippen molar-refractivity contribution in [1.82, 2.24) is 10.2 Å². The summed E-state index contributed by atoms with van der Waals surface area (Å²) < 4.78 is 34.3. The van der Waals surface area contributed by atoms with E-state index in [9.17, 15) is 18.0 Å². The number of nitrogens with one attached hydrogen (secondary N) is 1. The maximum absolute atomic E-state index is 14.0. The predicted octanol–water partition coefficient (Wildman–Crippen LogP) is 4.84. The molecule has 1 N–H and O–H groups in total. The highest BCUT2D eigenvalue weighted by molar-refractivity contribution is 7.92. The van der Waals surface area contributed by atoms with Gasteiger partial charge in [0.25, 0.3) is 10.0 Å². The molecule has 0 radical (unpaired) electrons. The summed E-state index contributed by atoms with van der Waals surface area (Å²) in [6.07, 6.45) is 1.75. The lowest BCUT2D eigenvalue weighted by Crippen LogP contribution is -2.51. The molecule has 0 saturated carbocycles. The van der Waals surface area contributed by atoms with E-state index in [2.05, 4.69) is 5.32 Å². The maximum atomic E-state index is 14.0. The molecule has 0 aliphatic rings. The Morgan fingerprint density at radius 2 is 1.68 bits per heavy atom. The molecule has 9 heteroatoms. The van der Waals surface area contributed by atoms with E-state index >= 15 is 0 Å². The van der Waals surface area contributed by atoms with Crippen LogP contribution in [0.2, 0.25) is 0 Å². The lowest BCUT2D eigenvalue weighted by atomic mass is 10.1. The van der Waals surface area contributed by atoms with Gasteiger partial charge in [0, 0.05) is 19.2 Å². The van der Waals surface area contributed by atoms with Crippen molar-refractivity contribution in [1.29, 1.82) is 0 Å². The number of aryl methyl sites for hydroxylation is 2. The van der Waals surface area contributed by atoms with Gasteiger partial charge in [-0.15, -0.1) is 0 Å². The van der Waals surface area contributed by atoms with Crippen LogP contribution in [0.3, 0.4) is 0 Å². The summed E-state index contributed by atoms with van der Waals surface area (Å²) in [5.74, 6) is -0.334. The zero-order chi connectivity index (χ0) is 29.3. The molecule has 3 rings (SSSR count). The monoisotopic (exact) mass is 565 g/mol. The second-order valence-corrected chi connectivity index (χ2v) is 11.7. The fourth-order valence-corrected chi connectivity index (χ4v) is 5.63. The maximum Gasteiger partial charge on any atom is 0.264 e. The van der Waals surface area contributed by atoms with E-state index in [1.807, 2.05) is 45.0 Å². The number of anilines is 1. The van der Waals surface area contributed by atoms with Crippen LogP contribution in [-0.4, -0.2) is 51.4 Å². The van der Waals surface area contributed by atoms with Crippen molar-refractivity contribution < 1.29 is 22.7 Å². The summed E-state index contributed by atoms with van der Waals surface area (Å²) in [4.78, 5) is 28.6. The van der Waals surface area contributed by atoms with Gasteiger partial charge >= 0.3 is 0 Å². The van der Waals surface area contributed by atoms with Gasteiger partial charge in [-0.25, -0.2) is 8.42 Å². The zero-order valence-corrected chi connectivity index (χ0v) is 24.7. The van der Waals surface area contributed by atoms with Gasteiger partial charge in [-0.2, -0.15) is 0 Å². The van der Waals surface area contributed by atoms with Crippen LogP contribution in [0.5, 0.6) is 5.75 Å². The number of carbonyl (C=O) groups excluding carboxylic acids is 2. The Hall–Kier alpha value is -3.85. The normalized spacial score (nSPS) is 11.9. The molecule has 0 bridgehead atoms. The van der Waals surface area contributed by atoms with E-state index in [1.54, 1.807) is 43.3 Å². The van der Waals surface area contributed by atoms with Crippen LogP contribution in [0.25, 0.3) is 0 Å². The first kappa shape index (κ1) is 30.7. The molecule has 0 heterocycles. The second kappa shape index (κ2) is 14.0. The minimum atomic E-state index is -4.14. The van der Waals surface area contributed by atoms with Crippen LogP contribution in [0.4, 0.5) is 5.69 Å². The van der Waals surface area contributed by atoms with Gasteiger partial charge in [-0.1, -0.05) is 61.4 Å². The standard InChI is InChI=1S/C31H39N3O5S/c1-6-7-19-32-31(36)25(4)33(21-26-12-9-8-11-24(26)3)30(35)22-34(27-13-10-14-28(20-27)39-5)40(37,38)29-17-15-23(2)16-18-29/h8-18,20,25H,6-7,19,21-22H2,1-5H3,(H,32,36). The number of nitrogens with zero attached hydrogens (tertiary/aromatic N) is 2. The topological polar surface area (TPSA) is 96.0 Å². The lowest BCUT2D eigenvalue weighted by Gasteiger charge is -2.32. The van der Waals surface area contributed by atoms with Crippen molar-refractivity contribution in [3.05, 3.63) is 89.5 Å². The average Bonchev–Trinajstić information content (AvgIpc) is 2.95. The molecule has 3 aromatic carbocycles. The third-order valence-corrected chi connectivity index (χ3v) is 8.62. The molecule has 1 atom stereocenters. The SMILES string of the molecule is CCCCNC(=O)C(C)N(Cc1ccccc1C)C(=O)CN(c1cccc(OC)c1)S(=O)(=O)c1ccc(C)cc1. The molecule has 3 aromatic rings. The van der Waals surface area contributed by atoms with Crippen LogP contribution in [0, 0.1) is 13.8 Å². The number of hydrogen-bond donors (Lipinski definition) is 1. The van der Waals surface area contributed by atoms with Crippen molar-refractivity contribution in [3.63, 3.8) is 0 Å². The quantitative estimate of drug-likeness (QED) is 0.299. The Morgan fingerprint density at radius 3 is 2.33 bits per heavy atom. The van der Waals surface area contributed by atoms with Crippen LogP contribution >= 0.6 is 0 Å².